The van der Waals surface area contributed by atoms with Gasteiger partial charge in [-0.2, -0.15) is 0 Å². The molecule has 0 bridgehead atoms. The lowest BCUT2D eigenvalue weighted by atomic mass is 10.0. The first-order valence-electron chi connectivity index (χ1n) is 8.27. The van der Waals surface area contributed by atoms with Crippen LogP contribution in [0.5, 0.6) is 0 Å². The molecule has 0 spiro atoms. The lowest BCUT2D eigenvalue weighted by Crippen LogP contribution is -2.38. The molecular formula is C17H17FN2O4S. The summed E-state index contributed by atoms with van der Waals surface area (Å²) in [6.45, 7) is 0. The van der Waals surface area contributed by atoms with Gasteiger partial charge in [-0.3, -0.25) is 4.79 Å². The fourth-order valence-electron chi connectivity index (χ4n) is 3.28. The molecule has 2 atom stereocenters. The molecule has 0 saturated heterocycles. The molecule has 0 radical (unpaired) electrons. The van der Waals surface area contributed by atoms with Gasteiger partial charge in [0.15, 0.2) is 0 Å². The number of carbonyl (C=O) groups excluding carboxylic acids is 1. The van der Waals surface area contributed by atoms with Crippen molar-refractivity contribution < 1.29 is 22.0 Å². The normalized spacial score (nSPS) is 23.6. The maximum atomic E-state index is 16.2. The van der Waals surface area contributed by atoms with E-state index in [1.54, 1.807) is 6.07 Å². The van der Waals surface area contributed by atoms with Gasteiger partial charge in [0.1, 0.15) is 5.78 Å². The van der Waals surface area contributed by atoms with Crippen molar-refractivity contribution in [1.29, 1.82) is 0 Å². The summed E-state index contributed by atoms with van der Waals surface area (Å²) in [6.07, 6.45) is 1.89. The zero-order valence-corrected chi connectivity index (χ0v) is 14.2. The van der Waals surface area contributed by atoms with Crippen molar-refractivity contribution in [1.82, 2.24) is 10.2 Å². The topological polar surface area (TPSA) is 90.1 Å². The van der Waals surface area contributed by atoms with E-state index in [1.807, 2.05) is 0 Å². The van der Waals surface area contributed by atoms with Crippen molar-refractivity contribution in [2.24, 2.45) is 5.92 Å². The predicted molar refractivity (Wildman–Crippen MR) is 85.0 cm³/mol. The molecule has 1 aromatic carbocycles. The van der Waals surface area contributed by atoms with Crippen molar-refractivity contribution in [2.45, 2.75) is 47.9 Å². The number of Topliss-reactive ketones (excluding diaryl/α,β-unsaturated/α-hetero) is 1. The number of aromatic nitrogens is 2. The molecule has 0 N–H and O–H groups in total. The van der Waals surface area contributed by atoms with Gasteiger partial charge >= 0.3 is 0 Å². The number of nitrogens with zero attached hydrogens (tertiary/aromatic N) is 2. The molecule has 0 aliphatic heterocycles. The quantitative estimate of drug-likeness (QED) is 0.810. The summed E-state index contributed by atoms with van der Waals surface area (Å²) in [5.74, 6) is -1.40. The Kier molecular flexibility index (Phi) is 3.75. The standard InChI is InChI=1S/C17H17FN2O4S/c18-17(12-8-9-13(21)10-12,16-20-19-15(24-16)11-6-7-11)25(22,23)14-4-2-1-3-5-14/h1-5,11-12H,6-10H2. The van der Waals surface area contributed by atoms with Crippen LogP contribution in [-0.4, -0.2) is 24.4 Å². The summed E-state index contributed by atoms with van der Waals surface area (Å²) in [5, 5.41) is 4.66. The molecule has 2 unspecified atom stereocenters. The Morgan fingerprint density at radius 1 is 1.12 bits per heavy atom. The second kappa shape index (κ2) is 5.72. The zero-order valence-electron chi connectivity index (χ0n) is 13.4. The summed E-state index contributed by atoms with van der Waals surface area (Å²) in [5.41, 5.74) is 0. The third kappa shape index (κ3) is 2.59. The summed E-state index contributed by atoms with van der Waals surface area (Å²) in [4.78, 5) is 11.5. The van der Waals surface area contributed by atoms with Crippen LogP contribution in [-0.2, 0) is 19.6 Å². The molecule has 2 saturated carbocycles. The van der Waals surface area contributed by atoms with Gasteiger partial charge in [0, 0.05) is 24.7 Å². The fraction of sp³-hybridized carbons (Fsp3) is 0.471. The number of halogens is 1. The number of rotatable bonds is 5. The minimum Gasteiger partial charge on any atom is -0.420 e. The van der Waals surface area contributed by atoms with E-state index in [2.05, 4.69) is 10.2 Å². The first kappa shape index (κ1) is 16.4. The van der Waals surface area contributed by atoms with Crippen LogP contribution in [0.15, 0.2) is 39.6 Å². The Morgan fingerprint density at radius 3 is 2.44 bits per heavy atom. The van der Waals surface area contributed by atoms with E-state index in [9.17, 15) is 13.2 Å². The largest absolute Gasteiger partial charge is 0.420 e. The molecule has 8 heteroatoms. The molecule has 2 aliphatic rings. The van der Waals surface area contributed by atoms with Crippen LogP contribution in [0.3, 0.4) is 0 Å². The van der Waals surface area contributed by atoms with Crippen molar-refractivity contribution in [3.63, 3.8) is 0 Å². The van der Waals surface area contributed by atoms with Crippen molar-refractivity contribution >= 4 is 15.6 Å². The Labute approximate surface area is 144 Å². The third-order valence-corrected chi connectivity index (χ3v) is 7.06. The minimum absolute atomic E-state index is 0.0788. The van der Waals surface area contributed by atoms with E-state index < -0.39 is 26.6 Å². The Balaban J connectivity index is 1.84. The van der Waals surface area contributed by atoms with Crippen LogP contribution >= 0.6 is 0 Å². The van der Waals surface area contributed by atoms with Crippen LogP contribution in [0.1, 0.15) is 49.8 Å². The average Bonchev–Trinajstić information content (AvgIpc) is 3.17. The highest BCUT2D eigenvalue weighted by Gasteiger charge is 2.59. The zero-order chi connectivity index (χ0) is 17.7. The highest BCUT2D eigenvalue weighted by molar-refractivity contribution is 7.92. The van der Waals surface area contributed by atoms with Crippen LogP contribution in [0, 0.1) is 5.92 Å². The van der Waals surface area contributed by atoms with Gasteiger partial charge in [-0.25, -0.2) is 12.8 Å². The number of alkyl halides is 1. The number of sulfone groups is 1. The third-order valence-electron chi connectivity index (χ3n) is 4.87. The number of carbonyl (C=O) groups is 1. The molecule has 6 nitrogen and oxygen atoms in total. The maximum Gasteiger partial charge on any atom is 0.294 e. The van der Waals surface area contributed by atoms with Crippen molar-refractivity contribution in [3.8, 4) is 0 Å². The van der Waals surface area contributed by atoms with Gasteiger partial charge in [-0.05, 0) is 31.4 Å². The summed E-state index contributed by atoms with van der Waals surface area (Å²) in [6, 6.07) is 7.36. The molecule has 132 valence electrons. The van der Waals surface area contributed by atoms with E-state index in [1.165, 1.54) is 24.3 Å². The molecule has 1 heterocycles. The molecular weight excluding hydrogens is 347 g/mol. The molecule has 2 fully saturated rings. The number of hydrogen-bond acceptors (Lipinski definition) is 6. The fourth-order valence-corrected chi connectivity index (χ4v) is 5.09. The molecule has 4 rings (SSSR count). The predicted octanol–water partition coefficient (Wildman–Crippen LogP) is 2.91. The Hall–Kier alpha value is -2.09. The highest BCUT2D eigenvalue weighted by atomic mass is 32.2. The van der Waals surface area contributed by atoms with Gasteiger partial charge in [-0.15, -0.1) is 10.2 Å². The smallest absolute Gasteiger partial charge is 0.294 e. The number of ketones is 1. The van der Waals surface area contributed by atoms with Gasteiger partial charge in [0.25, 0.3) is 10.9 Å². The second-order valence-corrected chi connectivity index (χ2v) is 8.73. The SMILES string of the molecule is O=C1CCC(C(F)(c2nnc(C3CC3)o2)S(=O)(=O)c2ccccc2)C1. The van der Waals surface area contributed by atoms with Gasteiger partial charge in [-0.1, -0.05) is 18.2 Å². The van der Waals surface area contributed by atoms with E-state index in [0.29, 0.717) is 0 Å². The molecule has 1 aromatic heterocycles. The van der Waals surface area contributed by atoms with Gasteiger partial charge < -0.3 is 4.42 Å². The molecule has 2 aliphatic carbocycles. The average molecular weight is 364 g/mol. The van der Waals surface area contributed by atoms with Gasteiger partial charge in [0.2, 0.25) is 15.7 Å². The Bertz CT molecular complexity index is 908. The summed E-state index contributed by atoms with van der Waals surface area (Å²) in [7, 11) is -4.47. The van der Waals surface area contributed by atoms with E-state index in [4.69, 9.17) is 4.42 Å². The second-order valence-electron chi connectivity index (χ2n) is 6.66. The number of hydrogen-bond donors (Lipinski definition) is 0. The van der Waals surface area contributed by atoms with E-state index in [-0.39, 0.29) is 41.7 Å². The first-order valence-corrected chi connectivity index (χ1v) is 9.75. The van der Waals surface area contributed by atoms with Crippen molar-refractivity contribution in [2.75, 3.05) is 0 Å². The Morgan fingerprint density at radius 2 is 1.84 bits per heavy atom. The maximum absolute atomic E-state index is 16.2. The molecule has 0 amide bonds. The molecule has 25 heavy (non-hydrogen) atoms. The van der Waals surface area contributed by atoms with Gasteiger partial charge in [0.05, 0.1) is 4.90 Å². The van der Waals surface area contributed by atoms with Crippen LogP contribution < -0.4 is 0 Å². The monoisotopic (exact) mass is 364 g/mol. The van der Waals surface area contributed by atoms with Crippen LogP contribution in [0.4, 0.5) is 4.39 Å². The summed E-state index contributed by atoms with van der Waals surface area (Å²) >= 11 is 0. The van der Waals surface area contributed by atoms with E-state index in [0.717, 1.165) is 12.8 Å². The van der Waals surface area contributed by atoms with E-state index >= 15 is 4.39 Å². The number of benzene rings is 1. The minimum atomic E-state index is -4.47. The summed E-state index contributed by atoms with van der Waals surface area (Å²) < 4.78 is 47.9. The van der Waals surface area contributed by atoms with Crippen LogP contribution in [0.25, 0.3) is 0 Å². The molecule has 2 aromatic rings. The first-order chi connectivity index (χ1) is 11.9. The lowest BCUT2D eigenvalue weighted by molar-refractivity contribution is -0.117. The highest BCUT2D eigenvalue weighted by Crippen LogP contribution is 2.49. The lowest BCUT2D eigenvalue weighted by Gasteiger charge is -2.27. The van der Waals surface area contributed by atoms with Crippen LogP contribution in [0.2, 0.25) is 0 Å². The van der Waals surface area contributed by atoms with Crippen molar-refractivity contribution in [3.05, 3.63) is 42.1 Å².